The molecule has 1 N–H and O–H groups in total. The van der Waals surface area contributed by atoms with Crippen LogP contribution in [-0.2, 0) is 4.79 Å². The fraction of sp³-hybridized carbons (Fsp3) is 0.250. The number of anilines is 1. The summed E-state index contributed by atoms with van der Waals surface area (Å²) in [6.45, 7) is 7.90. The summed E-state index contributed by atoms with van der Waals surface area (Å²) in [5.41, 5.74) is 2.54. The number of carbonyl (C=O) groups is 1. The zero-order valence-electron chi connectivity index (χ0n) is 14.8. The van der Waals surface area contributed by atoms with Gasteiger partial charge in [0.25, 0.3) is 5.91 Å². The molecule has 0 saturated carbocycles. The molecule has 25 heavy (non-hydrogen) atoms. The van der Waals surface area contributed by atoms with Gasteiger partial charge in [-0.3, -0.25) is 4.79 Å². The highest BCUT2D eigenvalue weighted by Gasteiger charge is 2.10. The number of hydrogen-bond acceptors (Lipinski definition) is 4. The van der Waals surface area contributed by atoms with E-state index in [-0.39, 0.29) is 12.5 Å². The first-order chi connectivity index (χ1) is 12.0. The molecule has 0 aromatic heterocycles. The Kier molecular flexibility index (Phi) is 6.46. The van der Waals surface area contributed by atoms with Crippen molar-refractivity contribution in [3.05, 3.63) is 60.2 Å². The van der Waals surface area contributed by atoms with Crippen molar-refractivity contribution < 1.29 is 19.0 Å². The van der Waals surface area contributed by atoms with Crippen LogP contribution in [0, 0.1) is 6.92 Å². The number of ether oxygens (including phenoxy) is 3. The Hall–Kier alpha value is -2.95. The summed E-state index contributed by atoms with van der Waals surface area (Å²) in [6.07, 6.45) is 0. The van der Waals surface area contributed by atoms with Crippen LogP contribution in [0.2, 0.25) is 0 Å². The molecular weight excluding hydrogens is 318 g/mol. The van der Waals surface area contributed by atoms with E-state index in [0.29, 0.717) is 29.5 Å². The third kappa shape index (κ3) is 5.57. The summed E-state index contributed by atoms with van der Waals surface area (Å²) in [7, 11) is 1.57. The number of methoxy groups -OCH3 is 1. The van der Waals surface area contributed by atoms with Gasteiger partial charge in [-0.25, -0.2) is 0 Å². The summed E-state index contributed by atoms with van der Waals surface area (Å²) in [6, 6.07) is 12.8. The maximum atomic E-state index is 12.2. The van der Waals surface area contributed by atoms with Crippen LogP contribution in [-0.4, -0.2) is 26.2 Å². The predicted molar refractivity (Wildman–Crippen MR) is 98.6 cm³/mol. The molecule has 5 nitrogen and oxygen atoms in total. The van der Waals surface area contributed by atoms with Crippen molar-refractivity contribution in [2.24, 2.45) is 0 Å². The molecule has 132 valence electrons. The van der Waals surface area contributed by atoms with Gasteiger partial charge in [-0.05, 0) is 49.2 Å². The summed E-state index contributed by atoms with van der Waals surface area (Å²) < 4.78 is 16.5. The molecule has 0 saturated heterocycles. The molecule has 0 unspecified atom stereocenters. The monoisotopic (exact) mass is 341 g/mol. The van der Waals surface area contributed by atoms with E-state index >= 15 is 0 Å². The van der Waals surface area contributed by atoms with E-state index in [1.54, 1.807) is 25.3 Å². The number of carbonyl (C=O) groups excluding carboxylic acids is 1. The van der Waals surface area contributed by atoms with Crippen molar-refractivity contribution in [1.82, 2.24) is 0 Å². The Morgan fingerprint density at radius 3 is 2.48 bits per heavy atom. The van der Waals surface area contributed by atoms with E-state index in [1.165, 1.54) is 0 Å². The number of hydrogen-bond donors (Lipinski definition) is 1. The zero-order chi connectivity index (χ0) is 18.2. The molecule has 1 amide bonds. The second-order valence-electron chi connectivity index (χ2n) is 5.73. The van der Waals surface area contributed by atoms with Crippen molar-refractivity contribution in [2.75, 3.05) is 25.6 Å². The molecule has 0 aliphatic heterocycles. The Labute approximate surface area is 148 Å². The molecule has 0 atom stereocenters. The predicted octanol–water partition coefficient (Wildman–Crippen LogP) is 3.98. The van der Waals surface area contributed by atoms with E-state index < -0.39 is 0 Å². The largest absolute Gasteiger partial charge is 0.493 e. The minimum atomic E-state index is -0.283. The summed E-state index contributed by atoms with van der Waals surface area (Å²) in [5, 5.41) is 2.79. The molecule has 2 aromatic rings. The quantitative estimate of drug-likeness (QED) is 0.738. The van der Waals surface area contributed by atoms with Crippen molar-refractivity contribution in [1.29, 1.82) is 0 Å². The minimum Gasteiger partial charge on any atom is -0.493 e. The average Bonchev–Trinajstić information content (AvgIpc) is 2.59. The lowest BCUT2D eigenvalue weighted by atomic mass is 10.2. The molecule has 5 heteroatoms. The third-order valence-electron chi connectivity index (χ3n) is 3.31. The summed E-state index contributed by atoms with van der Waals surface area (Å²) >= 11 is 0. The minimum absolute atomic E-state index is 0.131. The third-order valence-corrected chi connectivity index (χ3v) is 3.31. The van der Waals surface area contributed by atoms with Crippen LogP contribution in [0.3, 0.4) is 0 Å². The van der Waals surface area contributed by atoms with E-state index in [2.05, 4.69) is 11.9 Å². The summed E-state index contributed by atoms with van der Waals surface area (Å²) in [5.74, 6) is 1.42. The molecule has 0 aliphatic rings. The van der Waals surface area contributed by atoms with Gasteiger partial charge in [0.2, 0.25) is 0 Å². The standard InChI is InChI=1S/C20H23NO4/c1-14(2)12-24-17-8-6-5-7-16(17)21-20(22)13-25-18-10-9-15(3)11-19(18)23-4/h5-11H,1,12-13H2,2-4H3,(H,21,22). The van der Waals surface area contributed by atoms with Crippen LogP contribution in [0.4, 0.5) is 5.69 Å². The summed E-state index contributed by atoms with van der Waals surface area (Å²) in [4.78, 5) is 12.2. The average molecular weight is 341 g/mol. The molecule has 0 radical (unpaired) electrons. The normalized spacial score (nSPS) is 10.0. The maximum absolute atomic E-state index is 12.2. The maximum Gasteiger partial charge on any atom is 0.262 e. The van der Waals surface area contributed by atoms with Crippen LogP contribution in [0.5, 0.6) is 17.2 Å². The molecular formula is C20H23NO4. The van der Waals surface area contributed by atoms with Crippen LogP contribution < -0.4 is 19.5 Å². The fourth-order valence-corrected chi connectivity index (χ4v) is 2.12. The SMILES string of the molecule is C=C(C)COc1ccccc1NC(=O)COc1ccc(C)cc1OC. The van der Waals surface area contributed by atoms with E-state index in [1.807, 2.05) is 38.1 Å². The first-order valence-electron chi connectivity index (χ1n) is 7.93. The number of aryl methyl sites for hydroxylation is 1. The smallest absolute Gasteiger partial charge is 0.262 e. The molecule has 0 aliphatic carbocycles. The molecule has 0 heterocycles. The van der Waals surface area contributed by atoms with Crippen LogP contribution in [0.15, 0.2) is 54.6 Å². The van der Waals surface area contributed by atoms with Crippen molar-refractivity contribution in [2.45, 2.75) is 13.8 Å². The van der Waals surface area contributed by atoms with E-state index in [4.69, 9.17) is 14.2 Å². The van der Waals surface area contributed by atoms with Crippen molar-refractivity contribution in [3.8, 4) is 17.2 Å². The second-order valence-corrected chi connectivity index (χ2v) is 5.73. The number of para-hydroxylation sites is 2. The van der Waals surface area contributed by atoms with E-state index in [9.17, 15) is 4.79 Å². The highest BCUT2D eigenvalue weighted by Crippen LogP contribution is 2.28. The van der Waals surface area contributed by atoms with Gasteiger partial charge in [0.15, 0.2) is 18.1 Å². The van der Waals surface area contributed by atoms with Gasteiger partial charge in [-0.1, -0.05) is 24.8 Å². The topological polar surface area (TPSA) is 56.8 Å². The molecule has 0 spiro atoms. The van der Waals surface area contributed by atoms with Crippen molar-refractivity contribution in [3.63, 3.8) is 0 Å². The van der Waals surface area contributed by atoms with Gasteiger partial charge in [-0.2, -0.15) is 0 Å². The van der Waals surface area contributed by atoms with E-state index in [0.717, 1.165) is 11.1 Å². The Bertz CT molecular complexity index is 755. The van der Waals surface area contributed by atoms with Gasteiger partial charge in [0.05, 0.1) is 12.8 Å². The molecule has 2 rings (SSSR count). The van der Waals surface area contributed by atoms with Crippen molar-refractivity contribution >= 4 is 11.6 Å². The highest BCUT2D eigenvalue weighted by atomic mass is 16.5. The van der Waals surface area contributed by atoms with Crippen LogP contribution >= 0.6 is 0 Å². The Morgan fingerprint density at radius 2 is 1.76 bits per heavy atom. The number of benzene rings is 2. The van der Waals surface area contributed by atoms with Gasteiger partial charge in [-0.15, -0.1) is 0 Å². The van der Waals surface area contributed by atoms with Gasteiger partial charge < -0.3 is 19.5 Å². The second kappa shape index (κ2) is 8.78. The lowest BCUT2D eigenvalue weighted by Gasteiger charge is -2.14. The van der Waals surface area contributed by atoms with Crippen LogP contribution in [0.1, 0.15) is 12.5 Å². The van der Waals surface area contributed by atoms with Crippen LogP contribution in [0.25, 0.3) is 0 Å². The zero-order valence-corrected chi connectivity index (χ0v) is 14.8. The molecule has 0 bridgehead atoms. The number of nitrogens with one attached hydrogen (secondary N) is 1. The van der Waals surface area contributed by atoms with Gasteiger partial charge in [0.1, 0.15) is 12.4 Å². The number of rotatable bonds is 8. The fourth-order valence-electron chi connectivity index (χ4n) is 2.12. The molecule has 2 aromatic carbocycles. The first-order valence-corrected chi connectivity index (χ1v) is 7.93. The highest BCUT2D eigenvalue weighted by molar-refractivity contribution is 5.93. The lowest BCUT2D eigenvalue weighted by Crippen LogP contribution is -2.20. The Morgan fingerprint density at radius 1 is 1.04 bits per heavy atom. The lowest BCUT2D eigenvalue weighted by molar-refractivity contribution is -0.118. The molecule has 0 fully saturated rings. The Balaban J connectivity index is 1.98. The number of amides is 1. The van der Waals surface area contributed by atoms with Gasteiger partial charge in [0, 0.05) is 0 Å². The van der Waals surface area contributed by atoms with Gasteiger partial charge >= 0.3 is 0 Å². The first kappa shape index (κ1) is 18.4.